The molecule has 1 aliphatic heterocycles. The third kappa shape index (κ3) is 3.92. The van der Waals surface area contributed by atoms with Crippen molar-refractivity contribution in [1.29, 1.82) is 0 Å². The van der Waals surface area contributed by atoms with E-state index >= 15 is 0 Å². The summed E-state index contributed by atoms with van der Waals surface area (Å²) in [6.45, 7) is 1.89. The number of alkyl halides is 3. The van der Waals surface area contributed by atoms with E-state index in [1.54, 1.807) is 12.1 Å². The molecule has 0 bridgehead atoms. The highest BCUT2D eigenvalue weighted by molar-refractivity contribution is 7.91. The molecule has 1 N–H and O–H groups in total. The van der Waals surface area contributed by atoms with Gasteiger partial charge in [0.2, 0.25) is 9.84 Å². The lowest BCUT2D eigenvalue weighted by molar-refractivity contribution is -0.174. The highest BCUT2D eigenvalue weighted by Gasteiger charge is 2.39. The molecule has 5 nitrogen and oxygen atoms in total. The van der Waals surface area contributed by atoms with Gasteiger partial charge in [-0.15, -0.1) is 0 Å². The Hall–Kier alpha value is -2.55. The molecule has 1 aliphatic rings. The van der Waals surface area contributed by atoms with E-state index in [1.807, 2.05) is 5.32 Å². The molecule has 0 radical (unpaired) electrons. The first kappa shape index (κ1) is 19.2. The van der Waals surface area contributed by atoms with Crippen molar-refractivity contribution in [3.8, 4) is 5.75 Å². The Morgan fingerprint density at radius 1 is 1.11 bits per heavy atom. The van der Waals surface area contributed by atoms with Crippen LogP contribution in [0, 0.1) is 0 Å². The van der Waals surface area contributed by atoms with Gasteiger partial charge < -0.3 is 10.1 Å². The van der Waals surface area contributed by atoms with Crippen molar-refractivity contribution >= 4 is 15.7 Å². The van der Waals surface area contributed by atoms with Crippen LogP contribution < -0.4 is 10.1 Å². The summed E-state index contributed by atoms with van der Waals surface area (Å²) in [7, 11) is -3.77. The maximum atomic E-state index is 12.8. The number of nitrogens with one attached hydrogen (secondary N) is 1. The van der Waals surface area contributed by atoms with E-state index in [-0.39, 0.29) is 9.79 Å². The van der Waals surface area contributed by atoms with Crippen LogP contribution in [0.1, 0.15) is 24.1 Å². The average molecular weight is 399 g/mol. The van der Waals surface area contributed by atoms with Gasteiger partial charge in [-0.05, 0) is 48.4 Å². The Balaban J connectivity index is 1.81. The molecule has 3 rings (SSSR count). The summed E-state index contributed by atoms with van der Waals surface area (Å²) < 4.78 is 67.9. The lowest BCUT2D eigenvalue weighted by atomic mass is 10.1. The highest BCUT2D eigenvalue weighted by Crippen LogP contribution is 2.30. The zero-order valence-electron chi connectivity index (χ0n) is 14.2. The summed E-state index contributed by atoms with van der Waals surface area (Å²) >= 11 is 0. The number of ether oxygens (including phenoxy) is 1. The molecule has 9 heteroatoms. The Labute approximate surface area is 154 Å². The number of amides is 1. The van der Waals surface area contributed by atoms with Crippen molar-refractivity contribution in [3.63, 3.8) is 0 Å². The average Bonchev–Trinajstić information content (AvgIpc) is 3.08. The summed E-state index contributed by atoms with van der Waals surface area (Å²) in [5.74, 6) is -1.38. The largest absolute Gasteiger partial charge is 0.493 e. The predicted octanol–water partition coefficient (Wildman–Crippen LogP) is 3.19. The minimum Gasteiger partial charge on any atom is -0.493 e. The van der Waals surface area contributed by atoms with Gasteiger partial charge in [0.25, 0.3) is 0 Å². The third-order valence-corrected chi connectivity index (χ3v) is 6.03. The fraction of sp³-hybridized carbons (Fsp3) is 0.278. The van der Waals surface area contributed by atoms with E-state index < -0.39 is 28.0 Å². The quantitative estimate of drug-likeness (QED) is 0.857. The number of fused-ring (bicyclic) bond motifs is 1. The Kier molecular flexibility index (Phi) is 4.90. The van der Waals surface area contributed by atoms with Gasteiger partial charge in [-0.2, -0.15) is 13.2 Å². The van der Waals surface area contributed by atoms with E-state index in [2.05, 4.69) is 0 Å². The zero-order chi connectivity index (χ0) is 19.8. The molecule has 2 aromatic carbocycles. The van der Waals surface area contributed by atoms with E-state index in [0.717, 1.165) is 5.56 Å². The number of hydrogen-bond donors (Lipinski definition) is 1. The summed E-state index contributed by atoms with van der Waals surface area (Å²) in [5.41, 5.74) is 1.17. The van der Waals surface area contributed by atoms with Gasteiger partial charge in [0.05, 0.1) is 22.4 Å². The summed E-state index contributed by atoms with van der Waals surface area (Å²) in [6.07, 6.45) is -4.34. The maximum Gasteiger partial charge on any atom is 0.471 e. The predicted molar refractivity (Wildman–Crippen MR) is 90.1 cm³/mol. The second-order valence-electron chi connectivity index (χ2n) is 6.13. The summed E-state index contributed by atoms with van der Waals surface area (Å²) in [4.78, 5) is 11.1. The van der Waals surface area contributed by atoms with E-state index in [0.29, 0.717) is 24.3 Å². The van der Waals surface area contributed by atoms with Gasteiger partial charge in [-0.1, -0.05) is 12.1 Å². The zero-order valence-corrected chi connectivity index (χ0v) is 15.0. The van der Waals surface area contributed by atoms with Crippen LogP contribution in [-0.2, 0) is 21.1 Å². The molecule has 0 aliphatic carbocycles. The van der Waals surface area contributed by atoms with Crippen LogP contribution in [0.4, 0.5) is 13.2 Å². The smallest absolute Gasteiger partial charge is 0.471 e. The lowest BCUT2D eigenvalue weighted by Crippen LogP contribution is -2.38. The Morgan fingerprint density at radius 2 is 1.74 bits per heavy atom. The minimum atomic E-state index is -4.98. The second kappa shape index (κ2) is 6.88. The fourth-order valence-corrected chi connectivity index (χ4v) is 4.07. The van der Waals surface area contributed by atoms with Gasteiger partial charge in [-0.3, -0.25) is 4.79 Å². The standard InChI is InChI=1S/C18H16F3NO4S/c1-11(22-17(23)18(19,20)21)12-2-4-14(5-3-12)27(24,25)15-6-7-16-13(10-15)8-9-26-16/h2-7,10-11H,8-9H2,1H3,(H,22,23)/t11-/m0/s1. The number of carbonyl (C=O) groups is 1. The first-order valence-corrected chi connectivity index (χ1v) is 9.56. The molecule has 0 saturated heterocycles. The number of sulfone groups is 1. The van der Waals surface area contributed by atoms with E-state index in [9.17, 15) is 26.4 Å². The molecule has 1 atom stereocenters. The van der Waals surface area contributed by atoms with Crippen LogP contribution in [0.3, 0.4) is 0 Å². The molecule has 27 heavy (non-hydrogen) atoms. The van der Waals surface area contributed by atoms with Crippen molar-refractivity contribution in [2.75, 3.05) is 6.61 Å². The topological polar surface area (TPSA) is 72.5 Å². The van der Waals surface area contributed by atoms with Crippen molar-refractivity contribution in [2.45, 2.75) is 35.4 Å². The van der Waals surface area contributed by atoms with Gasteiger partial charge in [-0.25, -0.2) is 8.42 Å². The van der Waals surface area contributed by atoms with Gasteiger partial charge in [0, 0.05) is 6.42 Å². The van der Waals surface area contributed by atoms with Crippen molar-refractivity contribution < 1.29 is 31.1 Å². The van der Waals surface area contributed by atoms with Crippen LogP contribution in [0.2, 0.25) is 0 Å². The molecule has 0 unspecified atom stereocenters. The number of benzene rings is 2. The van der Waals surface area contributed by atoms with Crippen LogP contribution in [0.25, 0.3) is 0 Å². The number of rotatable bonds is 4. The molecule has 1 amide bonds. The molecule has 0 spiro atoms. The summed E-state index contributed by atoms with van der Waals surface area (Å²) in [6, 6.07) is 9.09. The first-order chi connectivity index (χ1) is 12.6. The lowest BCUT2D eigenvalue weighted by Gasteiger charge is -2.16. The maximum absolute atomic E-state index is 12.8. The normalized spacial score (nSPS) is 15.0. The number of carbonyl (C=O) groups excluding carboxylic acids is 1. The van der Waals surface area contributed by atoms with Crippen LogP contribution in [0.5, 0.6) is 5.75 Å². The number of halogens is 3. The molecule has 2 aromatic rings. The van der Waals surface area contributed by atoms with Crippen LogP contribution in [0.15, 0.2) is 52.3 Å². The molecule has 0 aromatic heterocycles. The molecule has 144 valence electrons. The van der Waals surface area contributed by atoms with Gasteiger partial charge in [0.15, 0.2) is 0 Å². The minimum absolute atomic E-state index is 0.0134. The van der Waals surface area contributed by atoms with Crippen molar-refractivity contribution in [1.82, 2.24) is 5.32 Å². The van der Waals surface area contributed by atoms with Crippen molar-refractivity contribution in [3.05, 3.63) is 53.6 Å². The van der Waals surface area contributed by atoms with E-state index in [1.165, 1.54) is 37.3 Å². The van der Waals surface area contributed by atoms with Gasteiger partial charge >= 0.3 is 12.1 Å². The molecule has 0 saturated carbocycles. The van der Waals surface area contributed by atoms with Gasteiger partial charge in [0.1, 0.15) is 5.75 Å². The SMILES string of the molecule is C[C@H](NC(=O)C(F)(F)F)c1ccc(S(=O)(=O)c2ccc3c(c2)CCO3)cc1. The summed E-state index contributed by atoms with van der Waals surface area (Å²) in [5, 5.41) is 1.83. The van der Waals surface area contributed by atoms with Crippen molar-refractivity contribution in [2.24, 2.45) is 0 Å². The van der Waals surface area contributed by atoms with E-state index in [4.69, 9.17) is 4.74 Å². The molecular formula is C18H16F3NO4S. The molecule has 1 heterocycles. The number of hydrogen-bond acceptors (Lipinski definition) is 4. The molecular weight excluding hydrogens is 383 g/mol. The first-order valence-electron chi connectivity index (χ1n) is 8.07. The Morgan fingerprint density at radius 3 is 2.37 bits per heavy atom. The second-order valence-corrected chi connectivity index (χ2v) is 8.08. The molecule has 0 fully saturated rings. The Bertz CT molecular complexity index is 969. The highest BCUT2D eigenvalue weighted by atomic mass is 32.2. The van der Waals surface area contributed by atoms with Crippen LogP contribution >= 0.6 is 0 Å². The van der Waals surface area contributed by atoms with Crippen LogP contribution in [-0.4, -0.2) is 27.1 Å². The fourth-order valence-electron chi connectivity index (χ4n) is 2.76. The monoisotopic (exact) mass is 399 g/mol. The third-order valence-electron chi connectivity index (χ3n) is 4.27.